The molecule has 1 aliphatic carbocycles. The Balaban J connectivity index is 2.02. The Morgan fingerprint density at radius 3 is 2.72 bits per heavy atom. The first kappa shape index (κ1) is 15.4. The number of Topliss-reactive ketones (excluding diaryl/α,β-unsaturated/α-hetero) is 1. The van der Waals surface area contributed by atoms with E-state index in [4.69, 9.17) is 10.5 Å². The lowest BCUT2D eigenvalue weighted by Gasteiger charge is -2.16. The first-order chi connectivity index (χ1) is 12.1. The molecule has 5 heteroatoms. The van der Waals surface area contributed by atoms with Crippen molar-refractivity contribution in [3.8, 4) is 11.4 Å². The molecule has 2 N–H and O–H groups in total. The van der Waals surface area contributed by atoms with Crippen molar-refractivity contribution in [2.75, 3.05) is 7.11 Å². The number of primary amides is 1. The van der Waals surface area contributed by atoms with E-state index < -0.39 is 5.91 Å². The zero-order valence-electron chi connectivity index (χ0n) is 13.9. The summed E-state index contributed by atoms with van der Waals surface area (Å²) in [5.41, 5.74) is 9.43. The SMILES string of the molecule is COc1cc(-n2c3c(c4ccccc42)C(=O)CCC3)ccc1C(N)=O. The maximum absolute atomic E-state index is 12.5. The van der Waals surface area contributed by atoms with E-state index in [-0.39, 0.29) is 5.78 Å². The van der Waals surface area contributed by atoms with Gasteiger partial charge in [-0.2, -0.15) is 0 Å². The number of carbonyl (C=O) groups excluding carboxylic acids is 2. The van der Waals surface area contributed by atoms with Crippen LogP contribution in [0.4, 0.5) is 0 Å². The third-order valence-corrected chi connectivity index (χ3v) is 4.78. The van der Waals surface area contributed by atoms with Crippen molar-refractivity contribution >= 4 is 22.6 Å². The van der Waals surface area contributed by atoms with Gasteiger partial charge in [0.05, 0.1) is 18.2 Å². The molecule has 0 unspecified atom stereocenters. The van der Waals surface area contributed by atoms with Crippen LogP contribution in [0, 0.1) is 0 Å². The molecular weight excluding hydrogens is 316 g/mol. The fraction of sp³-hybridized carbons (Fsp3) is 0.200. The van der Waals surface area contributed by atoms with Crippen molar-refractivity contribution in [2.24, 2.45) is 5.73 Å². The minimum Gasteiger partial charge on any atom is -0.496 e. The first-order valence-corrected chi connectivity index (χ1v) is 8.25. The molecule has 25 heavy (non-hydrogen) atoms. The van der Waals surface area contributed by atoms with Gasteiger partial charge in [-0.3, -0.25) is 9.59 Å². The van der Waals surface area contributed by atoms with Gasteiger partial charge in [-0.05, 0) is 31.0 Å². The number of carbonyl (C=O) groups is 2. The van der Waals surface area contributed by atoms with Crippen molar-refractivity contribution < 1.29 is 14.3 Å². The Morgan fingerprint density at radius 2 is 1.96 bits per heavy atom. The van der Waals surface area contributed by atoms with E-state index in [1.165, 1.54) is 7.11 Å². The van der Waals surface area contributed by atoms with E-state index in [1.807, 2.05) is 30.3 Å². The highest BCUT2D eigenvalue weighted by Gasteiger charge is 2.26. The number of ether oxygens (including phenoxy) is 1. The zero-order chi connectivity index (χ0) is 17.6. The maximum Gasteiger partial charge on any atom is 0.252 e. The Morgan fingerprint density at radius 1 is 1.16 bits per heavy atom. The average Bonchev–Trinajstić information content (AvgIpc) is 2.96. The second-order valence-electron chi connectivity index (χ2n) is 6.20. The number of methoxy groups -OCH3 is 1. The zero-order valence-corrected chi connectivity index (χ0v) is 13.9. The lowest BCUT2D eigenvalue weighted by molar-refractivity contribution is 0.0971. The van der Waals surface area contributed by atoms with E-state index in [0.29, 0.717) is 17.7 Å². The molecule has 1 aliphatic rings. The van der Waals surface area contributed by atoms with Crippen LogP contribution in [0.2, 0.25) is 0 Å². The number of nitrogens with zero attached hydrogens (tertiary/aromatic N) is 1. The number of benzene rings is 2. The second-order valence-corrected chi connectivity index (χ2v) is 6.20. The number of hydrogen-bond donors (Lipinski definition) is 1. The van der Waals surface area contributed by atoms with Crippen molar-refractivity contribution in [1.29, 1.82) is 0 Å². The van der Waals surface area contributed by atoms with Gasteiger partial charge in [-0.15, -0.1) is 0 Å². The van der Waals surface area contributed by atoms with Gasteiger partial charge in [-0.25, -0.2) is 0 Å². The lowest BCUT2D eigenvalue weighted by Crippen LogP contribution is -2.14. The predicted octanol–water partition coefficient (Wildman–Crippen LogP) is 3.26. The van der Waals surface area contributed by atoms with Crippen LogP contribution >= 0.6 is 0 Å². The molecule has 0 radical (unpaired) electrons. The van der Waals surface area contributed by atoms with E-state index in [9.17, 15) is 9.59 Å². The highest BCUT2D eigenvalue weighted by Crippen LogP contribution is 2.35. The summed E-state index contributed by atoms with van der Waals surface area (Å²) in [5.74, 6) is 0.0913. The molecule has 126 valence electrons. The molecule has 0 saturated carbocycles. The quantitative estimate of drug-likeness (QED) is 0.799. The summed E-state index contributed by atoms with van der Waals surface area (Å²) in [5, 5.41) is 0.972. The summed E-state index contributed by atoms with van der Waals surface area (Å²) in [6, 6.07) is 13.2. The minimum absolute atomic E-state index is 0.192. The third kappa shape index (κ3) is 2.31. The van der Waals surface area contributed by atoms with Gasteiger partial charge in [0.15, 0.2) is 5.78 Å². The summed E-state index contributed by atoms with van der Waals surface area (Å²) in [6.45, 7) is 0. The van der Waals surface area contributed by atoms with Gasteiger partial charge in [0.2, 0.25) is 0 Å². The van der Waals surface area contributed by atoms with E-state index >= 15 is 0 Å². The molecule has 5 nitrogen and oxygen atoms in total. The number of ketones is 1. The number of hydrogen-bond acceptors (Lipinski definition) is 3. The highest BCUT2D eigenvalue weighted by atomic mass is 16.5. The van der Waals surface area contributed by atoms with Gasteiger partial charge in [0.1, 0.15) is 5.75 Å². The topological polar surface area (TPSA) is 74.3 Å². The summed E-state index contributed by atoms with van der Waals surface area (Å²) < 4.78 is 7.43. The summed E-state index contributed by atoms with van der Waals surface area (Å²) >= 11 is 0. The largest absolute Gasteiger partial charge is 0.496 e. The Kier molecular flexibility index (Phi) is 3.57. The number of nitrogens with two attached hydrogens (primary N) is 1. The molecule has 0 bridgehead atoms. The van der Waals surface area contributed by atoms with Gasteiger partial charge < -0.3 is 15.0 Å². The molecule has 1 amide bonds. The average molecular weight is 334 g/mol. The van der Waals surface area contributed by atoms with Gasteiger partial charge in [0, 0.05) is 34.8 Å². The normalized spacial score (nSPS) is 13.7. The van der Waals surface area contributed by atoms with Crippen molar-refractivity contribution in [2.45, 2.75) is 19.3 Å². The lowest BCUT2D eigenvalue weighted by atomic mass is 9.94. The Hall–Kier alpha value is -3.08. The van der Waals surface area contributed by atoms with Crippen molar-refractivity contribution in [3.05, 3.63) is 59.3 Å². The minimum atomic E-state index is -0.530. The molecule has 1 aromatic heterocycles. The Bertz CT molecular complexity index is 1020. The van der Waals surface area contributed by atoms with Crippen LogP contribution in [0.3, 0.4) is 0 Å². The van der Waals surface area contributed by atoms with Crippen LogP contribution in [-0.2, 0) is 6.42 Å². The van der Waals surface area contributed by atoms with Crippen LogP contribution in [0.1, 0.15) is 39.3 Å². The van der Waals surface area contributed by atoms with E-state index in [0.717, 1.165) is 40.7 Å². The predicted molar refractivity (Wildman–Crippen MR) is 95.6 cm³/mol. The van der Waals surface area contributed by atoms with Gasteiger partial charge in [-0.1, -0.05) is 18.2 Å². The van der Waals surface area contributed by atoms with Crippen molar-refractivity contribution in [3.63, 3.8) is 0 Å². The molecule has 4 rings (SSSR count). The fourth-order valence-electron chi connectivity index (χ4n) is 3.70. The second kappa shape index (κ2) is 5.77. The summed E-state index contributed by atoms with van der Waals surface area (Å²) in [6.07, 6.45) is 2.28. The molecule has 0 saturated heterocycles. The molecular formula is C20H18N2O3. The van der Waals surface area contributed by atoms with Crippen LogP contribution in [0.15, 0.2) is 42.5 Å². The number of fused-ring (bicyclic) bond motifs is 3. The molecule has 3 aromatic rings. The molecule has 0 atom stereocenters. The van der Waals surface area contributed by atoms with E-state index in [2.05, 4.69) is 4.57 Å². The number of para-hydroxylation sites is 1. The van der Waals surface area contributed by atoms with Gasteiger partial charge in [0.25, 0.3) is 5.91 Å². The standard InChI is InChI=1S/C20H18N2O3/c1-25-18-11-12(9-10-14(18)20(21)24)22-15-6-3-2-5-13(15)19-16(22)7-4-8-17(19)23/h2-3,5-6,9-11H,4,7-8H2,1H3,(H2,21,24). The van der Waals surface area contributed by atoms with Crippen LogP contribution in [-0.4, -0.2) is 23.4 Å². The molecule has 0 spiro atoms. The highest BCUT2D eigenvalue weighted by molar-refractivity contribution is 6.10. The van der Waals surface area contributed by atoms with E-state index in [1.54, 1.807) is 12.1 Å². The fourth-order valence-corrected chi connectivity index (χ4v) is 3.70. The van der Waals surface area contributed by atoms with Crippen LogP contribution in [0.25, 0.3) is 16.6 Å². The first-order valence-electron chi connectivity index (χ1n) is 8.25. The number of rotatable bonds is 3. The maximum atomic E-state index is 12.5. The third-order valence-electron chi connectivity index (χ3n) is 4.78. The summed E-state index contributed by atoms with van der Waals surface area (Å²) in [7, 11) is 1.51. The number of amides is 1. The van der Waals surface area contributed by atoms with Gasteiger partial charge >= 0.3 is 0 Å². The van der Waals surface area contributed by atoms with Crippen LogP contribution < -0.4 is 10.5 Å². The number of aromatic nitrogens is 1. The molecule has 2 aromatic carbocycles. The molecule has 0 fully saturated rings. The monoisotopic (exact) mass is 334 g/mol. The Labute approximate surface area is 145 Å². The summed E-state index contributed by atoms with van der Waals surface area (Å²) in [4.78, 5) is 24.1. The molecule has 1 heterocycles. The van der Waals surface area contributed by atoms with Crippen LogP contribution in [0.5, 0.6) is 5.75 Å². The molecule has 0 aliphatic heterocycles. The van der Waals surface area contributed by atoms with Crippen molar-refractivity contribution in [1.82, 2.24) is 4.57 Å². The smallest absolute Gasteiger partial charge is 0.252 e.